The number of hydrogen-bond donors (Lipinski definition) is 2. The van der Waals surface area contributed by atoms with Crippen LogP contribution in [-0.2, 0) is 11.3 Å². The Bertz CT molecular complexity index is 674. The van der Waals surface area contributed by atoms with Crippen LogP contribution >= 0.6 is 0 Å². The smallest absolute Gasteiger partial charge is 0.191 e. The van der Waals surface area contributed by atoms with Gasteiger partial charge >= 0.3 is 0 Å². The zero-order valence-corrected chi connectivity index (χ0v) is 13.1. The summed E-state index contributed by atoms with van der Waals surface area (Å²) in [5, 5.41) is 7.92. The molecule has 1 fully saturated rings. The number of rotatable bonds is 4. The summed E-state index contributed by atoms with van der Waals surface area (Å²) in [6.45, 7) is 5.42. The van der Waals surface area contributed by atoms with E-state index in [1.165, 1.54) is 10.9 Å². The van der Waals surface area contributed by atoms with Crippen LogP contribution in [0.25, 0.3) is 10.9 Å². The van der Waals surface area contributed by atoms with E-state index in [1.54, 1.807) is 7.05 Å². The molecule has 0 spiro atoms. The number of aromatic nitrogens is 1. The Kier molecular flexibility index (Phi) is 4.24. The number of pyridine rings is 1. The van der Waals surface area contributed by atoms with Crippen molar-refractivity contribution in [3.63, 3.8) is 0 Å². The van der Waals surface area contributed by atoms with Crippen LogP contribution in [0.1, 0.15) is 12.5 Å². The van der Waals surface area contributed by atoms with Crippen molar-refractivity contribution in [3.8, 4) is 0 Å². The molecule has 0 aliphatic carbocycles. The third-order valence-electron chi connectivity index (χ3n) is 3.99. The number of benzene rings is 1. The maximum absolute atomic E-state index is 5.27. The molecule has 2 aromatic rings. The number of fused-ring (bicyclic) bond motifs is 1. The van der Waals surface area contributed by atoms with Crippen LogP contribution < -0.4 is 10.6 Å². The van der Waals surface area contributed by atoms with Gasteiger partial charge in [-0.25, -0.2) is 0 Å². The lowest BCUT2D eigenvalue weighted by Crippen LogP contribution is -2.50. The largest absolute Gasteiger partial charge is 0.380 e. The highest BCUT2D eigenvalue weighted by molar-refractivity contribution is 5.83. The molecule has 1 aromatic carbocycles. The topological polar surface area (TPSA) is 58.5 Å². The van der Waals surface area contributed by atoms with E-state index in [1.807, 2.05) is 30.5 Å². The minimum Gasteiger partial charge on any atom is -0.380 e. The van der Waals surface area contributed by atoms with Gasteiger partial charge in [-0.1, -0.05) is 25.1 Å². The van der Waals surface area contributed by atoms with Crippen molar-refractivity contribution >= 4 is 16.9 Å². The Labute approximate surface area is 130 Å². The molecule has 0 bridgehead atoms. The molecule has 0 radical (unpaired) electrons. The number of para-hydroxylation sites is 1. The van der Waals surface area contributed by atoms with Crippen molar-refractivity contribution in [1.29, 1.82) is 0 Å². The quantitative estimate of drug-likeness (QED) is 0.669. The molecule has 3 rings (SSSR count). The molecule has 0 amide bonds. The minimum atomic E-state index is 0.223. The van der Waals surface area contributed by atoms with E-state index >= 15 is 0 Å². The first-order valence-corrected chi connectivity index (χ1v) is 7.55. The minimum absolute atomic E-state index is 0.223. The summed E-state index contributed by atoms with van der Waals surface area (Å²) >= 11 is 0. The fraction of sp³-hybridized carbons (Fsp3) is 0.412. The maximum Gasteiger partial charge on any atom is 0.191 e. The monoisotopic (exact) mass is 298 g/mol. The molecular weight excluding hydrogens is 276 g/mol. The average molecular weight is 298 g/mol. The fourth-order valence-electron chi connectivity index (χ4n) is 2.56. The van der Waals surface area contributed by atoms with Gasteiger partial charge in [0, 0.05) is 37.1 Å². The van der Waals surface area contributed by atoms with Gasteiger partial charge in [-0.3, -0.25) is 9.98 Å². The van der Waals surface area contributed by atoms with Crippen molar-refractivity contribution in [2.24, 2.45) is 10.4 Å². The van der Waals surface area contributed by atoms with Crippen LogP contribution in [0, 0.1) is 5.41 Å². The predicted octanol–water partition coefficient (Wildman–Crippen LogP) is 1.94. The molecule has 1 aliphatic rings. The second-order valence-electron chi connectivity index (χ2n) is 6.07. The van der Waals surface area contributed by atoms with Gasteiger partial charge in [-0.05, 0) is 17.7 Å². The molecule has 22 heavy (non-hydrogen) atoms. The predicted molar refractivity (Wildman–Crippen MR) is 88.9 cm³/mol. The van der Waals surface area contributed by atoms with Crippen molar-refractivity contribution < 1.29 is 4.74 Å². The summed E-state index contributed by atoms with van der Waals surface area (Å²) in [7, 11) is 1.79. The number of hydrogen-bond acceptors (Lipinski definition) is 3. The van der Waals surface area contributed by atoms with Crippen LogP contribution in [0.5, 0.6) is 0 Å². The highest BCUT2D eigenvalue weighted by Gasteiger charge is 2.33. The Balaban J connectivity index is 1.62. The number of nitrogens with one attached hydrogen (secondary N) is 2. The molecule has 0 saturated carbocycles. The number of nitrogens with zero attached hydrogens (tertiary/aromatic N) is 2. The van der Waals surface area contributed by atoms with E-state index in [0.717, 1.165) is 37.8 Å². The highest BCUT2D eigenvalue weighted by Crippen LogP contribution is 2.25. The van der Waals surface area contributed by atoms with E-state index < -0.39 is 0 Å². The van der Waals surface area contributed by atoms with Crippen molar-refractivity contribution in [2.45, 2.75) is 13.5 Å². The summed E-state index contributed by atoms with van der Waals surface area (Å²) in [6.07, 6.45) is 1.85. The van der Waals surface area contributed by atoms with Crippen LogP contribution in [0.15, 0.2) is 41.5 Å². The van der Waals surface area contributed by atoms with E-state index in [0.29, 0.717) is 0 Å². The Morgan fingerprint density at radius 3 is 2.82 bits per heavy atom. The lowest BCUT2D eigenvalue weighted by molar-refractivity contribution is -0.0971. The van der Waals surface area contributed by atoms with Crippen molar-refractivity contribution in [3.05, 3.63) is 42.1 Å². The molecule has 1 saturated heterocycles. The second kappa shape index (κ2) is 6.32. The maximum atomic E-state index is 5.27. The van der Waals surface area contributed by atoms with Gasteiger partial charge in [0.1, 0.15) is 0 Å². The van der Waals surface area contributed by atoms with E-state index in [4.69, 9.17) is 4.74 Å². The van der Waals surface area contributed by atoms with Gasteiger partial charge in [0.2, 0.25) is 0 Å². The molecule has 1 aromatic heterocycles. The molecule has 0 unspecified atom stereocenters. The van der Waals surface area contributed by atoms with Crippen LogP contribution in [-0.4, -0.2) is 37.7 Å². The first-order chi connectivity index (χ1) is 10.7. The molecule has 5 heteroatoms. The lowest BCUT2D eigenvalue weighted by Gasteiger charge is -2.38. The summed E-state index contributed by atoms with van der Waals surface area (Å²) in [5.41, 5.74) is 2.46. The molecule has 0 atom stereocenters. The van der Waals surface area contributed by atoms with Gasteiger partial charge < -0.3 is 15.4 Å². The summed E-state index contributed by atoms with van der Waals surface area (Å²) in [4.78, 5) is 8.67. The van der Waals surface area contributed by atoms with Crippen molar-refractivity contribution in [1.82, 2.24) is 15.6 Å². The van der Waals surface area contributed by atoms with E-state index in [-0.39, 0.29) is 5.41 Å². The Hall–Kier alpha value is -2.14. The Morgan fingerprint density at radius 1 is 1.27 bits per heavy atom. The van der Waals surface area contributed by atoms with E-state index in [9.17, 15) is 0 Å². The zero-order chi connectivity index (χ0) is 15.4. The van der Waals surface area contributed by atoms with E-state index in [2.05, 4.69) is 33.6 Å². The third-order valence-corrected chi connectivity index (χ3v) is 3.99. The molecule has 2 heterocycles. The van der Waals surface area contributed by atoms with Gasteiger partial charge in [0.15, 0.2) is 5.96 Å². The van der Waals surface area contributed by atoms with Gasteiger partial charge in [-0.2, -0.15) is 0 Å². The van der Waals surface area contributed by atoms with Gasteiger partial charge in [0.25, 0.3) is 0 Å². The average Bonchev–Trinajstić information content (AvgIpc) is 2.53. The molecule has 2 N–H and O–H groups in total. The van der Waals surface area contributed by atoms with Crippen LogP contribution in [0.4, 0.5) is 0 Å². The number of ether oxygens (including phenoxy) is 1. The molecular formula is C17H22N4O. The van der Waals surface area contributed by atoms with Gasteiger partial charge in [0.05, 0.1) is 18.7 Å². The highest BCUT2D eigenvalue weighted by atomic mass is 16.5. The fourth-order valence-corrected chi connectivity index (χ4v) is 2.56. The molecule has 116 valence electrons. The number of guanidine groups is 1. The van der Waals surface area contributed by atoms with Crippen LogP contribution in [0.3, 0.4) is 0 Å². The molecule has 5 nitrogen and oxygen atoms in total. The van der Waals surface area contributed by atoms with Crippen LogP contribution in [0.2, 0.25) is 0 Å². The standard InChI is InChI=1S/C17H22N4O/c1-17(11-22-12-17)10-21-16(18-2)20-9-13-7-8-19-15-6-4-3-5-14(13)15/h3-8H,9-12H2,1-2H3,(H2,18,20,21). The summed E-state index contributed by atoms with van der Waals surface area (Å²) in [5.74, 6) is 0.814. The van der Waals surface area contributed by atoms with Crippen molar-refractivity contribution in [2.75, 3.05) is 26.8 Å². The number of aliphatic imine (C=N–C) groups is 1. The normalized spacial score (nSPS) is 17.1. The summed E-state index contributed by atoms with van der Waals surface area (Å²) in [6, 6.07) is 10.2. The Morgan fingerprint density at radius 2 is 2.09 bits per heavy atom. The van der Waals surface area contributed by atoms with Gasteiger partial charge in [-0.15, -0.1) is 0 Å². The first-order valence-electron chi connectivity index (χ1n) is 7.55. The third kappa shape index (κ3) is 3.20. The lowest BCUT2D eigenvalue weighted by atomic mass is 9.89. The first kappa shape index (κ1) is 14.8. The SMILES string of the molecule is CN=C(NCc1ccnc2ccccc12)NCC1(C)COC1. The summed E-state index contributed by atoms with van der Waals surface area (Å²) < 4.78 is 5.27. The zero-order valence-electron chi connectivity index (χ0n) is 13.1. The molecule has 1 aliphatic heterocycles. The second-order valence-corrected chi connectivity index (χ2v) is 6.07.